The fourth-order valence-corrected chi connectivity index (χ4v) is 2.49. The van der Waals surface area contributed by atoms with Crippen molar-refractivity contribution in [3.8, 4) is 0 Å². The van der Waals surface area contributed by atoms with Crippen LogP contribution in [0.5, 0.6) is 0 Å². The number of aromatic nitrogens is 2. The summed E-state index contributed by atoms with van der Waals surface area (Å²) in [6.07, 6.45) is 6.89. The highest BCUT2D eigenvalue weighted by atomic mass is 16.4. The van der Waals surface area contributed by atoms with Crippen LogP contribution in [0.2, 0.25) is 0 Å². The molecule has 0 radical (unpaired) electrons. The summed E-state index contributed by atoms with van der Waals surface area (Å²) in [4.78, 5) is 25.2. The molecule has 6 heteroatoms. The summed E-state index contributed by atoms with van der Waals surface area (Å²) >= 11 is 0. The van der Waals surface area contributed by atoms with Crippen LogP contribution in [0.3, 0.4) is 0 Å². The maximum Gasteiger partial charge on any atom is 0.329 e. The van der Waals surface area contributed by atoms with E-state index in [1.807, 2.05) is 0 Å². The zero-order chi connectivity index (χ0) is 14.8. The van der Waals surface area contributed by atoms with Crippen molar-refractivity contribution in [3.05, 3.63) is 24.0 Å². The first-order chi connectivity index (χ1) is 9.45. The van der Waals surface area contributed by atoms with E-state index in [2.05, 4.69) is 5.10 Å². The molecule has 1 aromatic rings. The van der Waals surface area contributed by atoms with Crippen LogP contribution in [0.1, 0.15) is 31.9 Å². The van der Waals surface area contributed by atoms with E-state index in [4.69, 9.17) is 0 Å². The van der Waals surface area contributed by atoms with Gasteiger partial charge in [0, 0.05) is 25.9 Å². The second-order valence-corrected chi connectivity index (χ2v) is 5.24. The molecule has 2 heterocycles. The quantitative estimate of drug-likeness (QED) is 0.845. The number of carbonyl (C=O) groups excluding carboxylic acids is 1. The average Bonchev–Trinajstić information content (AvgIpc) is 2.82. The molecule has 20 heavy (non-hydrogen) atoms. The third-order valence-electron chi connectivity index (χ3n) is 3.87. The third kappa shape index (κ3) is 2.59. The summed E-state index contributed by atoms with van der Waals surface area (Å²) in [5.74, 6) is -1.21. The SMILES string of the molecule is Cn1nccc1/C=C/C(=O)N1CCCCC1(C)C(=O)O. The standard InChI is InChI=1S/C14H19N3O3/c1-14(13(19)20)8-3-4-10-17(14)12(18)6-5-11-7-9-15-16(11)2/h5-7,9H,3-4,8,10H2,1-2H3,(H,19,20)/b6-5+. The maximum atomic E-state index is 12.3. The summed E-state index contributed by atoms with van der Waals surface area (Å²) in [6, 6.07) is 1.79. The van der Waals surface area contributed by atoms with Gasteiger partial charge in [0.05, 0.1) is 5.69 Å². The van der Waals surface area contributed by atoms with Gasteiger partial charge >= 0.3 is 5.97 Å². The normalized spacial score (nSPS) is 23.2. The van der Waals surface area contributed by atoms with Gasteiger partial charge in [0.15, 0.2) is 0 Å². The van der Waals surface area contributed by atoms with Gasteiger partial charge in [0.25, 0.3) is 0 Å². The number of piperidine rings is 1. The fraction of sp³-hybridized carbons (Fsp3) is 0.500. The van der Waals surface area contributed by atoms with Gasteiger partial charge in [0.2, 0.25) is 5.91 Å². The lowest BCUT2D eigenvalue weighted by atomic mass is 9.88. The highest BCUT2D eigenvalue weighted by Gasteiger charge is 2.43. The molecule has 1 aliphatic heterocycles. The lowest BCUT2D eigenvalue weighted by Crippen LogP contribution is -2.57. The van der Waals surface area contributed by atoms with Crippen molar-refractivity contribution in [2.45, 2.75) is 31.7 Å². The van der Waals surface area contributed by atoms with E-state index in [1.165, 1.54) is 11.0 Å². The molecule has 1 aromatic heterocycles. The number of amides is 1. The molecule has 0 aromatic carbocycles. The minimum absolute atomic E-state index is 0.268. The van der Waals surface area contributed by atoms with Crippen molar-refractivity contribution in [1.29, 1.82) is 0 Å². The number of hydrogen-bond donors (Lipinski definition) is 1. The van der Waals surface area contributed by atoms with Crippen molar-refractivity contribution >= 4 is 18.0 Å². The molecule has 1 unspecified atom stereocenters. The predicted octanol–water partition coefficient (Wildman–Crippen LogP) is 1.29. The largest absolute Gasteiger partial charge is 0.480 e. The molecule has 0 spiro atoms. The summed E-state index contributed by atoms with van der Waals surface area (Å²) in [5, 5.41) is 13.4. The molecule has 1 aliphatic rings. The Morgan fingerprint density at radius 2 is 2.20 bits per heavy atom. The number of carbonyl (C=O) groups is 2. The lowest BCUT2D eigenvalue weighted by molar-refractivity contribution is -0.158. The molecule has 1 amide bonds. The molecule has 0 aliphatic carbocycles. The van der Waals surface area contributed by atoms with Crippen LogP contribution in [0.15, 0.2) is 18.3 Å². The minimum Gasteiger partial charge on any atom is -0.480 e. The number of aryl methyl sites for hydroxylation is 1. The summed E-state index contributed by atoms with van der Waals surface area (Å²) in [6.45, 7) is 2.10. The molecule has 1 saturated heterocycles. The highest BCUT2D eigenvalue weighted by Crippen LogP contribution is 2.28. The Kier molecular flexibility index (Phi) is 3.92. The van der Waals surface area contributed by atoms with Gasteiger partial charge in [-0.1, -0.05) is 0 Å². The highest BCUT2D eigenvalue weighted by molar-refractivity contribution is 5.95. The minimum atomic E-state index is -1.11. The van der Waals surface area contributed by atoms with Crippen LogP contribution < -0.4 is 0 Å². The Labute approximate surface area is 117 Å². The first kappa shape index (κ1) is 14.3. The van der Waals surface area contributed by atoms with Crippen LogP contribution in [0.4, 0.5) is 0 Å². The summed E-state index contributed by atoms with van der Waals surface area (Å²) in [5.41, 5.74) is -0.307. The molecule has 6 nitrogen and oxygen atoms in total. The van der Waals surface area contributed by atoms with E-state index in [-0.39, 0.29) is 5.91 Å². The van der Waals surface area contributed by atoms with Crippen LogP contribution in [-0.2, 0) is 16.6 Å². The molecule has 0 saturated carbocycles. The van der Waals surface area contributed by atoms with Gasteiger partial charge in [0.1, 0.15) is 5.54 Å². The Morgan fingerprint density at radius 3 is 2.80 bits per heavy atom. The lowest BCUT2D eigenvalue weighted by Gasteiger charge is -2.41. The Hall–Kier alpha value is -2.11. The van der Waals surface area contributed by atoms with Crippen molar-refractivity contribution in [3.63, 3.8) is 0 Å². The first-order valence-corrected chi connectivity index (χ1v) is 6.66. The molecule has 0 bridgehead atoms. The first-order valence-electron chi connectivity index (χ1n) is 6.66. The van der Waals surface area contributed by atoms with Gasteiger partial charge in [-0.15, -0.1) is 0 Å². The summed E-state index contributed by atoms with van der Waals surface area (Å²) in [7, 11) is 1.78. The number of carboxylic acids is 1. The number of aliphatic carboxylic acids is 1. The van der Waals surface area contributed by atoms with Gasteiger partial charge in [-0.25, -0.2) is 4.79 Å². The molecule has 1 atom stereocenters. The van der Waals surface area contributed by atoms with E-state index >= 15 is 0 Å². The number of hydrogen-bond acceptors (Lipinski definition) is 3. The number of nitrogens with zero attached hydrogens (tertiary/aromatic N) is 3. The van der Waals surface area contributed by atoms with Crippen molar-refractivity contribution in [1.82, 2.24) is 14.7 Å². The Bertz CT molecular complexity index is 550. The van der Waals surface area contributed by atoms with Crippen LogP contribution in [0.25, 0.3) is 6.08 Å². The van der Waals surface area contributed by atoms with Crippen molar-refractivity contribution < 1.29 is 14.7 Å². The van der Waals surface area contributed by atoms with Crippen molar-refractivity contribution in [2.75, 3.05) is 6.54 Å². The molecular formula is C14H19N3O3. The van der Waals surface area contributed by atoms with Crippen LogP contribution >= 0.6 is 0 Å². The average molecular weight is 277 g/mol. The number of likely N-dealkylation sites (tertiary alicyclic amines) is 1. The monoisotopic (exact) mass is 277 g/mol. The maximum absolute atomic E-state index is 12.3. The Morgan fingerprint density at radius 1 is 1.45 bits per heavy atom. The fourth-order valence-electron chi connectivity index (χ4n) is 2.49. The smallest absolute Gasteiger partial charge is 0.329 e. The number of carboxylic acid groups (broad SMARTS) is 1. The molecule has 1 fully saturated rings. The van der Waals surface area contributed by atoms with Crippen molar-refractivity contribution in [2.24, 2.45) is 7.05 Å². The zero-order valence-corrected chi connectivity index (χ0v) is 11.7. The molecule has 108 valence electrons. The van der Waals surface area contributed by atoms with Gasteiger partial charge in [-0.2, -0.15) is 5.10 Å². The number of rotatable bonds is 3. The molecular weight excluding hydrogens is 258 g/mol. The van der Waals surface area contributed by atoms with Gasteiger partial charge < -0.3 is 10.0 Å². The van der Waals surface area contributed by atoms with Crippen LogP contribution in [0, 0.1) is 0 Å². The Balaban J connectivity index is 2.17. The van der Waals surface area contributed by atoms with E-state index in [1.54, 1.807) is 37.0 Å². The third-order valence-corrected chi connectivity index (χ3v) is 3.87. The van der Waals surface area contributed by atoms with Gasteiger partial charge in [-0.05, 0) is 38.3 Å². The predicted molar refractivity (Wildman–Crippen MR) is 73.8 cm³/mol. The van der Waals surface area contributed by atoms with E-state index < -0.39 is 11.5 Å². The summed E-state index contributed by atoms with van der Waals surface area (Å²) < 4.78 is 1.65. The van der Waals surface area contributed by atoms with E-state index in [0.717, 1.165) is 18.5 Å². The zero-order valence-electron chi connectivity index (χ0n) is 11.7. The second-order valence-electron chi connectivity index (χ2n) is 5.24. The van der Waals surface area contributed by atoms with E-state index in [0.29, 0.717) is 13.0 Å². The van der Waals surface area contributed by atoms with Crippen LogP contribution in [-0.4, -0.2) is 43.7 Å². The second kappa shape index (κ2) is 5.48. The molecule has 2 rings (SSSR count). The topological polar surface area (TPSA) is 75.4 Å². The molecule has 1 N–H and O–H groups in total. The van der Waals surface area contributed by atoms with Gasteiger partial charge in [-0.3, -0.25) is 9.48 Å². The van der Waals surface area contributed by atoms with E-state index in [9.17, 15) is 14.7 Å².